The molecule has 0 bridgehead atoms. The molecular weight excluding hydrogens is 254 g/mol. The summed E-state index contributed by atoms with van der Waals surface area (Å²) in [5.41, 5.74) is 2.87. The Hall–Kier alpha value is -1.60. The van der Waals surface area contributed by atoms with Gasteiger partial charge in [-0.15, -0.1) is 0 Å². The molecule has 0 heterocycles. The highest BCUT2D eigenvalue weighted by Gasteiger charge is 2.24. The molecule has 21 heavy (non-hydrogen) atoms. The van der Waals surface area contributed by atoms with Gasteiger partial charge in [-0.1, -0.05) is 73.5 Å². The molecule has 2 aromatic rings. The highest BCUT2D eigenvalue weighted by atomic mass is 14.9. The molecule has 1 saturated carbocycles. The average Bonchev–Trinajstić information content (AvgIpc) is 2.56. The maximum Gasteiger partial charge on any atom is 0.0208 e. The van der Waals surface area contributed by atoms with E-state index in [9.17, 15) is 0 Å². The fraction of sp³-hybridized carbons (Fsp3) is 0.400. The van der Waals surface area contributed by atoms with Gasteiger partial charge < -0.3 is 5.32 Å². The van der Waals surface area contributed by atoms with Crippen LogP contribution in [0.3, 0.4) is 0 Å². The Kier molecular flexibility index (Phi) is 5.07. The molecule has 0 saturated heterocycles. The predicted octanol–water partition coefficient (Wildman–Crippen LogP) is 4.58. The predicted molar refractivity (Wildman–Crippen MR) is 89.2 cm³/mol. The van der Waals surface area contributed by atoms with Gasteiger partial charge in [0.2, 0.25) is 0 Å². The number of rotatable bonds is 5. The quantitative estimate of drug-likeness (QED) is 0.845. The van der Waals surface area contributed by atoms with E-state index < -0.39 is 0 Å². The molecule has 0 spiro atoms. The smallest absolute Gasteiger partial charge is 0.0208 e. The Morgan fingerprint density at radius 2 is 1.38 bits per heavy atom. The maximum atomic E-state index is 3.81. The van der Waals surface area contributed by atoms with Crippen LogP contribution in [0, 0.1) is 5.92 Å². The minimum atomic E-state index is 0.666. The first kappa shape index (κ1) is 14.3. The molecule has 1 heteroatoms. The van der Waals surface area contributed by atoms with Gasteiger partial charge in [-0.2, -0.15) is 0 Å². The molecule has 3 rings (SSSR count). The molecule has 0 radical (unpaired) electrons. The topological polar surface area (TPSA) is 12.0 Å². The van der Waals surface area contributed by atoms with Gasteiger partial charge in [0.25, 0.3) is 0 Å². The molecule has 110 valence electrons. The standard InChI is InChI=1S/C20H25N/c1-3-9-17(10-4-1)15-19-13-7-8-14-20(19)21-16-18-11-5-2-6-12-18/h1-6,9-12,19-21H,7-8,13-16H2/t19-,20+/m1/s1. The van der Waals surface area contributed by atoms with Crippen LogP contribution in [-0.4, -0.2) is 6.04 Å². The minimum absolute atomic E-state index is 0.666. The normalized spacial score (nSPS) is 22.1. The third-order valence-electron chi connectivity index (χ3n) is 4.66. The molecule has 2 atom stereocenters. The summed E-state index contributed by atoms with van der Waals surface area (Å²) in [5.74, 6) is 0.782. The van der Waals surface area contributed by atoms with E-state index in [0.717, 1.165) is 12.5 Å². The van der Waals surface area contributed by atoms with Crippen LogP contribution in [0.25, 0.3) is 0 Å². The summed E-state index contributed by atoms with van der Waals surface area (Å²) in [6, 6.07) is 22.4. The van der Waals surface area contributed by atoms with Crippen LogP contribution in [0.15, 0.2) is 60.7 Å². The molecule has 0 unspecified atom stereocenters. The van der Waals surface area contributed by atoms with Gasteiger partial charge in [0, 0.05) is 12.6 Å². The minimum Gasteiger partial charge on any atom is -0.310 e. The van der Waals surface area contributed by atoms with Crippen LogP contribution in [-0.2, 0) is 13.0 Å². The third-order valence-corrected chi connectivity index (χ3v) is 4.66. The fourth-order valence-electron chi connectivity index (χ4n) is 3.48. The van der Waals surface area contributed by atoms with E-state index in [0.29, 0.717) is 6.04 Å². The van der Waals surface area contributed by atoms with Crippen molar-refractivity contribution in [3.05, 3.63) is 71.8 Å². The van der Waals surface area contributed by atoms with Crippen molar-refractivity contribution >= 4 is 0 Å². The second-order valence-electron chi connectivity index (χ2n) is 6.21. The largest absolute Gasteiger partial charge is 0.310 e. The van der Waals surface area contributed by atoms with E-state index >= 15 is 0 Å². The summed E-state index contributed by atoms with van der Waals surface area (Å²) in [6.45, 7) is 0.997. The molecular formula is C20H25N. The first-order chi connectivity index (χ1) is 10.4. The van der Waals surface area contributed by atoms with Crippen molar-refractivity contribution in [2.75, 3.05) is 0 Å². The van der Waals surface area contributed by atoms with Gasteiger partial charge in [0.05, 0.1) is 0 Å². The lowest BCUT2D eigenvalue weighted by molar-refractivity contribution is 0.259. The highest BCUT2D eigenvalue weighted by Crippen LogP contribution is 2.27. The molecule has 1 fully saturated rings. The van der Waals surface area contributed by atoms with Crippen molar-refractivity contribution in [1.29, 1.82) is 0 Å². The Bertz CT molecular complexity index is 520. The monoisotopic (exact) mass is 279 g/mol. The van der Waals surface area contributed by atoms with Gasteiger partial charge >= 0.3 is 0 Å². The van der Waals surface area contributed by atoms with Gasteiger partial charge in [-0.3, -0.25) is 0 Å². The van der Waals surface area contributed by atoms with E-state index in [-0.39, 0.29) is 0 Å². The van der Waals surface area contributed by atoms with Crippen molar-refractivity contribution in [3.8, 4) is 0 Å². The lowest BCUT2D eigenvalue weighted by Crippen LogP contribution is -2.39. The number of hydrogen-bond acceptors (Lipinski definition) is 1. The van der Waals surface area contributed by atoms with E-state index in [1.807, 2.05) is 0 Å². The summed E-state index contributed by atoms with van der Waals surface area (Å²) in [6.07, 6.45) is 6.66. The van der Waals surface area contributed by atoms with E-state index in [2.05, 4.69) is 66.0 Å². The van der Waals surface area contributed by atoms with Crippen LogP contribution in [0.5, 0.6) is 0 Å². The second kappa shape index (κ2) is 7.42. The maximum absolute atomic E-state index is 3.81. The highest BCUT2D eigenvalue weighted by molar-refractivity contribution is 5.16. The lowest BCUT2D eigenvalue weighted by Gasteiger charge is -2.32. The zero-order valence-corrected chi connectivity index (χ0v) is 12.7. The molecule has 1 aliphatic carbocycles. The molecule has 1 N–H and O–H groups in total. The van der Waals surface area contributed by atoms with Crippen LogP contribution < -0.4 is 5.32 Å². The van der Waals surface area contributed by atoms with Gasteiger partial charge in [-0.25, -0.2) is 0 Å². The molecule has 2 aromatic carbocycles. The van der Waals surface area contributed by atoms with Crippen molar-refractivity contribution in [2.45, 2.75) is 44.7 Å². The van der Waals surface area contributed by atoms with E-state index in [1.165, 1.54) is 43.2 Å². The fourth-order valence-corrected chi connectivity index (χ4v) is 3.48. The van der Waals surface area contributed by atoms with Crippen LogP contribution in [0.4, 0.5) is 0 Å². The summed E-state index contributed by atoms with van der Waals surface area (Å²) < 4.78 is 0. The van der Waals surface area contributed by atoms with Crippen LogP contribution in [0.1, 0.15) is 36.8 Å². The van der Waals surface area contributed by atoms with Crippen LogP contribution in [0.2, 0.25) is 0 Å². The van der Waals surface area contributed by atoms with Gasteiger partial charge in [0.15, 0.2) is 0 Å². The zero-order valence-electron chi connectivity index (χ0n) is 12.7. The number of benzene rings is 2. The first-order valence-corrected chi connectivity index (χ1v) is 8.23. The van der Waals surface area contributed by atoms with E-state index in [4.69, 9.17) is 0 Å². The molecule has 0 aliphatic heterocycles. The Morgan fingerprint density at radius 3 is 2.10 bits per heavy atom. The zero-order chi connectivity index (χ0) is 14.3. The molecule has 1 nitrogen and oxygen atoms in total. The lowest BCUT2D eigenvalue weighted by atomic mass is 9.80. The Labute approximate surface area is 128 Å². The number of hydrogen-bond donors (Lipinski definition) is 1. The van der Waals surface area contributed by atoms with Crippen molar-refractivity contribution in [1.82, 2.24) is 5.32 Å². The Morgan fingerprint density at radius 1 is 0.762 bits per heavy atom. The van der Waals surface area contributed by atoms with Crippen LogP contribution >= 0.6 is 0 Å². The summed E-state index contributed by atoms with van der Waals surface area (Å²) in [4.78, 5) is 0. The summed E-state index contributed by atoms with van der Waals surface area (Å²) in [5, 5.41) is 3.81. The SMILES string of the molecule is c1ccc(CN[C@H]2CCCC[C@@H]2Cc2ccccc2)cc1. The van der Waals surface area contributed by atoms with E-state index in [1.54, 1.807) is 0 Å². The summed E-state index contributed by atoms with van der Waals surface area (Å²) in [7, 11) is 0. The third kappa shape index (κ3) is 4.18. The summed E-state index contributed by atoms with van der Waals surface area (Å²) >= 11 is 0. The molecule has 0 amide bonds. The first-order valence-electron chi connectivity index (χ1n) is 8.23. The van der Waals surface area contributed by atoms with Gasteiger partial charge in [0.1, 0.15) is 0 Å². The average molecular weight is 279 g/mol. The van der Waals surface area contributed by atoms with Crippen molar-refractivity contribution in [2.24, 2.45) is 5.92 Å². The Balaban J connectivity index is 1.59. The van der Waals surface area contributed by atoms with Crippen molar-refractivity contribution < 1.29 is 0 Å². The second-order valence-corrected chi connectivity index (χ2v) is 6.21. The molecule has 1 aliphatic rings. The van der Waals surface area contributed by atoms with Gasteiger partial charge in [-0.05, 0) is 36.3 Å². The van der Waals surface area contributed by atoms with Crippen molar-refractivity contribution in [3.63, 3.8) is 0 Å². The number of nitrogens with one attached hydrogen (secondary N) is 1. The molecule has 0 aromatic heterocycles.